The summed E-state index contributed by atoms with van der Waals surface area (Å²) in [7, 11) is 0. The van der Waals surface area contributed by atoms with E-state index in [4.69, 9.17) is 17.3 Å². The minimum absolute atomic E-state index is 0. The molecule has 0 saturated carbocycles. The largest absolute Gasteiger partial charge is 0.341 e. The molecule has 2 rings (SSSR count). The zero-order chi connectivity index (χ0) is 13.7. The summed E-state index contributed by atoms with van der Waals surface area (Å²) in [6.07, 6.45) is 4.48. The van der Waals surface area contributed by atoms with Gasteiger partial charge in [-0.15, -0.1) is 12.4 Å². The number of hydrogen-bond acceptors (Lipinski definition) is 2. The molecule has 0 aliphatic carbocycles. The van der Waals surface area contributed by atoms with Crippen molar-refractivity contribution < 1.29 is 4.79 Å². The lowest BCUT2D eigenvalue weighted by atomic mass is 10.0. The minimum atomic E-state index is 0. The molecule has 3 nitrogen and oxygen atoms in total. The Labute approximate surface area is 131 Å². The number of aryl methyl sites for hydroxylation is 1. The number of benzene rings is 1. The van der Waals surface area contributed by atoms with Gasteiger partial charge in [-0.2, -0.15) is 0 Å². The molecular weight excluding hydrogens is 295 g/mol. The van der Waals surface area contributed by atoms with E-state index in [2.05, 4.69) is 0 Å². The van der Waals surface area contributed by atoms with Crippen LogP contribution in [0.1, 0.15) is 31.2 Å². The van der Waals surface area contributed by atoms with Crippen LogP contribution in [0.5, 0.6) is 0 Å². The van der Waals surface area contributed by atoms with Gasteiger partial charge < -0.3 is 10.6 Å². The van der Waals surface area contributed by atoms with Gasteiger partial charge in [0.05, 0.1) is 0 Å². The van der Waals surface area contributed by atoms with Crippen molar-refractivity contribution >= 4 is 29.9 Å². The molecule has 1 fully saturated rings. The number of amides is 1. The Morgan fingerprint density at radius 2 is 2.05 bits per heavy atom. The summed E-state index contributed by atoms with van der Waals surface area (Å²) >= 11 is 5.84. The average Bonchev–Trinajstić information content (AvgIpc) is 2.41. The summed E-state index contributed by atoms with van der Waals surface area (Å²) in [5.74, 6) is 0.240. The standard InChI is InChI=1S/C15H21ClN2O.ClH/c16-13-8-6-12(7-9-13)3-1-5-15(19)18-10-2-4-14(17)11-18;/h6-9,14H,1-5,10-11,17H2;1H/t14-;/m0./s1. The summed E-state index contributed by atoms with van der Waals surface area (Å²) in [5, 5.41) is 0.752. The number of piperidine rings is 1. The Morgan fingerprint density at radius 1 is 1.35 bits per heavy atom. The quantitative estimate of drug-likeness (QED) is 0.928. The highest BCUT2D eigenvalue weighted by Crippen LogP contribution is 2.14. The Kier molecular flexibility index (Phi) is 7.35. The van der Waals surface area contributed by atoms with E-state index >= 15 is 0 Å². The fourth-order valence-electron chi connectivity index (χ4n) is 2.49. The molecule has 1 aliphatic heterocycles. The molecule has 1 atom stereocenters. The number of nitrogens with two attached hydrogens (primary N) is 1. The van der Waals surface area contributed by atoms with Crippen LogP contribution in [-0.2, 0) is 11.2 Å². The topological polar surface area (TPSA) is 46.3 Å². The third-order valence-electron chi connectivity index (χ3n) is 3.58. The van der Waals surface area contributed by atoms with E-state index in [0.717, 1.165) is 43.8 Å². The van der Waals surface area contributed by atoms with Gasteiger partial charge in [-0.25, -0.2) is 0 Å². The lowest BCUT2D eigenvalue weighted by molar-refractivity contribution is -0.132. The van der Waals surface area contributed by atoms with Crippen molar-refractivity contribution in [3.63, 3.8) is 0 Å². The van der Waals surface area contributed by atoms with Crippen molar-refractivity contribution in [3.8, 4) is 0 Å². The van der Waals surface area contributed by atoms with Crippen LogP contribution >= 0.6 is 24.0 Å². The first kappa shape index (κ1) is 17.3. The molecule has 0 spiro atoms. The Hall–Kier alpha value is -0.770. The van der Waals surface area contributed by atoms with Crippen molar-refractivity contribution in [1.29, 1.82) is 0 Å². The zero-order valence-electron chi connectivity index (χ0n) is 11.6. The van der Waals surface area contributed by atoms with Crippen molar-refractivity contribution in [2.45, 2.75) is 38.1 Å². The fourth-order valence-corrected chi connectivity index (χ4v) is 2.62. The normalized spacial score (nSPS) is 18.5. The molecule has 1 heterocycles. The van der Waals surface area contributed by atoms with Crippen LogP contribution in [0, 0.1) is 0 Å². The number of rotatable bonds is 4. The molecular formula is C15H22Cl2N2O. The SMILES string of the molecule is Cl.N[C@H]1CCCN(C(=O)CCCc2ccc(Cl)cc2)C1. The molecule has 20 heavy (non-hydrogen) atoms. The van der Waals surface area contributed by atoms with Crippen LogP contribution in [0.15, 0.2) is 24.3 Å². The van der Waals surface area contributed by atoms with Gasteiger partial charge >= 0.3 is 0 Å². The minimum Gasteiger partial charge on any atom is -0.341 e. The van der Waals surface area contributed by atoms with Gasteiger partial charge in [0.2, 0.25) is 5.91 Å². The number of carbonyl (C=O) groups excluding carboxylic acids is 1. The first-order valence-corrected chi connectivity index (χ1v) is 7.31. The third-order valence-corrected chi connectivity index (χ3v) is 3.83. The van der Waals surface area contributed by atoms with Gasteiger partial charge in [-0.3, -0.25) is 4.79 Å². The van der Waals surface area contributed by atoms with Gasteiger partial charge in [-0.1, -0.05) is 23.7 Å². The van der Waals surface area contributed by atoms with E-state index in [1.807, 2.05) is 29.2 Å². The molecule has 1 amide bonds. The first-order valence-electron chi connectivity index (χ1n) is 6.93. The number of hydrogen-bond donors (Lipinski definition) is 1. The second kappa shape index (κ2) is 8.50. The van der Waals surface area contributed by atoms with Gasteiger partial charge in [-0.05, 0) is 43.4 Å². The number of likely N-dealkylation sites (tertiary alicyclic amines) is 1. The smallest absolute Gasteiger partial charge is 0.222 e. The van der Waals surface area contributed by atoms with E-state index in [-0.39, 0.29) is 24.4 Å². The number of halogens is 2. The maximum Gasteiger partial charge on any atom is 0.222 e. The average molecular weight is 317 g/mol. The molecule has 112 valence electrons. The first-order chi connectivity index (χ1) is 9.15. The monoisotopic (exact) mass is 316 g/mol. The molecule has 5 heteroatoms. The van der Waals surface area contributed by atoms with E-state index in [1.165, 1.54) is 5.56 Å². The summed E-state index contributed by atoms with van der Waals surface area (Å²) < 4.78 is 0. The predicted molar refractivity (Wildman–Crippen MR) is 85.4 cm³/mol. The van der Waals surface area contributed by atoms with Crippen LogP contribution in [0.2, 0.25) is 5.02 Å². The summed E-state index contributed by atoms with van der Waals surface area (Å²) in [6, 6.07) is 7.98. The van der Waals surface area contributed by atoms with E-state index in [0.29, 0.717) is 6.42 Å². The lowest BCUT2D eigenvalue weighted by Gasteiger charge is -2.30. The van der Waals surface area contributed by atoms with Gasteiger partial charge in [0, 0.05) is 30.6 Å². The summed E-state index contributed by atoms with van der Waals surface area (Å²) in [6.45, 7) is 1.59. The van der Waals surface area contributed by atoms with Gasteiger partial charge in [0.15, 0.2) is 0 Å². The maximum atomic E-state index is 12.0. The van der Waals surface area contributed by atoms with Crippen molar-refractivity contribution in [2.24, 2.45) is 5.73 Å². The predicted octanol–water partition coefficient (Wildman–Crippen LogP) is 3.03. The Morgan fingerprint density at radius 3 is 2.70 bits per heavy atom. The molecule has 0 unspecified atom stereocenters. The second-order valence-corrected chi connectivity index (χ2v) is 5.66. The molecule has 1 saturated heterocycles. The van der Waals surface area contributed by atoms with E-state index in [9.17, 15) is 4.79 Å². The highest BCUT2D eigenvalue weighted by Gasteiger charge is 2.20. The third kappa shape index (κ3) is 5.31. The van der Waals surface area contributed by atoms with Crippen molar-refractivity contribution in [1.82, 2.24) is 4.90 Å². The van der Waals surface area contributed by atoms with Crippen LogP contribution < -0.4 is 5.73 Å². The molecule has 0 bridgehead atoms. The molecule has 1 aromatic carbocycles. The number of carbonyl (C=O) groups is 1. The molecule has 2 N–H and O–H groups in total. The van der Waals surface area contributed by atoms with Crippen molar-refractivity contribution in [3.05, 3.63) is 34.9 Å². The van der Waals surface area contributed by atoms with E-state index in [1.54, 1.807) is 0 Å². The van der Waals surface area contributed by atoms with Crippen molar-refractivity contribution in [2.75, 3.05) is 13.1 Å². The molecule has 0 radical (unpaired) electrons. The zero-order valence-corrected chi connectivity index (χ0v) is 13.1. The van der Waals surface area contributed by atoms with Crippen LogP contribution in [0.3, 0.4) is 0 Å². The Bertz CT molecular complexity index is 422. The van der Waals surface area contributed by atoms with Crippen LogP contribution in [-0.4, -0.2) is 29.9 Å². The van der Waals surface area contributed by atoms with Gasteiger partial charge in [0.1, 0.15) is 0 Å². The summed E-state index contributed by atoms with van der Waals surface area (Å²) in [5.41, 5.74) is 7.12. The highest BCUT2D eigenvalue weighted by atomic mass is 35.5. The van der Waals surface area contributed by atoms with Crippen LogP contribution in [0.4, 0.5) is 0 Å². The molecule has 0 aromatic heterocycles. The molecule has 1 aliphatic rings. The lowest BCUT2D eigenvalue weighted by Crippen LogP contribution is -2.45. The Balaban J connectivity index is 0.00000200. The fraction of sp³-hybridized carbons (Fsp3) is 0.533. The van der Waals surface area contributed by atoms with Gasteiger partial charge in [0.25, 0.3) is 0 Å². The summed E-state index contributed by atoms with van der Waals surface area (Å²) in [4.78, 5) is 13.9. The number of nitrogens with zero attached hydrogens (tertiary/aromatic N) is 1. The second-order valence-electron chi connectivity index (χ2n) is 5.22. The maximum absolute atomic E-state index is 12.0. The van der Waals surface area contributed by atoms with Crippen LogP contribution in [0.25, 0.3) is 0 Å². The van der Waals surface area contributed by atoms with E-state index < -0.39 is 0 Å². The molecule has 1 aromatic rings. The highest BCUT2D eigenvalue weighted by molar-refractivity contribution is 6.30.